The maximum Gasteiger partial charge on any atom is 0.239 e. The SMILES string of the molecule is CC1CN(c2ccc(CNC(=O)CNc3ccc(C#N)cc3)cc2F)CC(C)O1. The van der Waals surface area contributed by atoms with Crippen LogP contribution < -0.4 is 15.5 Å². The van der Waals surface area contributed by atoms with E-state index in [-0.39, 0.29) is 37.0 Å². The van der Waals surface area contributed by atoms with Crippen molar-refractivity contribution in [2.75, 3.05) is 29.9 Å². The fraction of sp³-hybridized carbons (Fsp3) is 0.364. The lowest BCUT2D eigenvalue weighted by molar-refractivity contribution is -0.119. The van der Waals surface area contributed by atoms with Crippen molar-refractivity contribution in [1.82, 2.24) is 5.32 Å². The molecule has 29 heavy (non-hydrogen) atoms. The Labute approximate surface area is 170 Å². The molecule has 0 aliphatic carbocycles. The summed E-state index contributed by atoms with van der Waals surface area (Å²) in [7, 11) is 0. The number of hydrogen-bond acceptors (Lipinski definition) is 5. The molecule has 0 spiro atoms. The van der Waals surface area contributed by atoms with Crippen LogP contribution in [0.1, 0.15) is 25.0 Å². The van der Waals surface area contributed by atoms with Gasteiger partial charge in [0.1, 0.15) is 5.82 Å². The van der Waals surface area contributed by atoms with Gasteiger partial charge < -0.3 is 20.3 Å². The average molecular weight is 396 g/mol. The molecule has 2 unspecified atom stereocenters. The Morgan fingerprint density at radius 2 is 1.90 bits per heavy atom. The van der Waals surface area contributed by atoms with E-state index >= 15 is 0 Å². The van der Waals surface area contributed by atoms with Gasteiger partial charge in [-0.25, -0.2) is 4.39 Å². The van der Waals surface area contributed by atoms with E-state index in [9.17, 15) is 9.18 Å². The standard InChI is InChI=1S/C22H25FN4O2/c1-15-13-27(14-16(2)29-15)21-8-5-18(9-20(21)23)11-26-22(28)12-25-19-6-3-17(10-24)4-7-19/h3-9,15-16,25H,11-14H2,1-2H3,(H,26,28). The Bertz CT molecular complexity index is 885. The van der Waals surface area contributed by atoms with Gasteiger partial charge in [0.15, 0.2) is 0 Å². The van der Waals surface area contributed by atoms with Crippen molar-refractivity contribution in [2.24, 2.45) is 0 Å². The summed E-state index contributed by atoms with van der Waals surface area (Å²) in [5.41, 5.74) is 2.58. The molecule has 0 aromatic heterocycles. The topological polar surface area (TPSA) is 77.4 Å². The van der Waals surface area contributed by atoms with Gasteiger partial charge in [-0.05, 0) is 55.8 Å². The minimum absolute atomic E-state index is 0.0562. The van der Waals surface area contributed by atoms with E-state index in [0.717, 1.165) is 5.69 Å². The number of carbonyl (C=O) groups is 1. The highest BCUT2D eigenvalue weighted by Crippen LogP contribution is 2.24. The lowest BCUT2D eigenvalue weighted by Crippen LogP contribution is -2.45. The van der Waals surface area contributed by atoms with E-state index in [2.05, 4.69) is 10.6 Å². The first kappa shape index (κ1) is 20.6. The summed E-state index contributed by atoms with van der Waals surface area (Å²) >= 11 is 0. The monoisotopic (exact) mass is 396 g/mol. The Morgan fingerprint density at radius 1 is 1.21 bits per heavy atom. The number of benzene rings is 2. The molecule has 152 valence electrons. The van der Waals surface area contributed by atoms with Crippen molar-refractivity contribution in [3.8, 4) is 6.07 Å². The van der Waals surface area contributed by atoms with Gasteiger partial charge in [0.05, 0.1) is 36.1 Å². The highest BCUT2D eigenvalue weighted by molar-refractivity contribution is 5.80. The highest BCUT2D eigenvalue weighted by Gasteiger charge is 2.24. The van der Waals surface area contributed by atoms with E-state index < -0.39 is 0 Å². The number of rotatable bonds is 6. The lowest BCUT2D eigenvalue weighted by atomic mass is 10.1. The van der Waals surface area contributed by atoms with Crippen LogP contribution in [-0.2, 0) is 16.1 Å². The summed E-state index contributed by atoms with van der Waals surface area (Å²) in [6.45, 7) is 5.61. The molecule has 1 amide bonds. The summed E-state index contributed by atoms with van der Waals surface area (Å²) in [6, 6.07) is 14.0. The number of carbonyl (C=O) groups excluding carboxylic acids is 1. The van der Waals surface area contributed by atoms with Gasteiger partial charge in [-0.3, -0.25) is 4.79 Å². The molecule has 3 rings (SSSR count). The number of anilines is 2. The first-order chi connectivity index (χ1) is 13.9. The second kappa shape index (κ2) is 9.39. The molecular formula is C22H25FN4O2. The number of nitrogens with zero attached hydrogens (tertiary/aromatic N) is 2. The largest absolute Gasteiger partial charge is 0.376 e. The first-order valence-electron chi connectivity index (χ1n) is 9.64. The van der Waals surface area contributed by atoms with E-state index in [0.29, 0.717) is 29.9 Å². The number of hydrogen-bond donors (Lipinski definition) is 2. The predicted molar refractivity (Wildman–Crippen MR) is 110 cm³/mol. The first-order valence-corrected chi connectivity index (χ1v) is 9.64. The molecule has 0 radical (unpaired) electrons. The Hall–Kier alpha value is -3.11. The lowest BCUT2D eigenvalue weighted by Gasteiger charge is -2.37. The molecule has 1 fully saturated rings. The number of ether oxygens (including phenoxy) is 1. The van der Waals surface area contributed by atoms with Gasteiger partial charge in [-0.15, -0.1) is 0 Å². The van der Waals surface area contributed by atoms with Crippen LogP contribution in [-0.4, -0.2) is 37.7 Å². The summed E-state index contributed by atoms with van der Waals surface area (Å²) in [6.07, 6.45) is 0.112. The zero-order valence-corrected chi connectivity index (χ0v) is 16.6. The van der Waals surface area contributed by atoms with Crippen LogP contribution in [0.3, 0.4) is 0 Å². The fourth-order valence-electron chi connectivity index (χ4n) is 3.40. The minimum Gasteiger partial charge on any atom is -0.376 e. The van der Waals surface area contributed by atoms with Crippen LogP contribution in [0.2, 0.25) is 0 Å². The summed E-state index contributed by atoms with van der Waals surface area (Å²) in [4.78, 5) is 14.0. The van der Waals surface area contributed by atoms with E-state index in [4.69, 9.17) is 10.00 Å². The molecule has 1 heterocycles. The summed E-state index contributed by atoms with van der Waals surface area (Å²) in [5, 5.41) is 14.6. The molecule has 2 N–H and O–H groups in total. The molecule has 2 atom stereocenters. The maximum absolute atomic E-state index is 14.6. The van der Waals surface area contributed by atoms with Crippen molar-refractivity contribution in [3.63, 3.8) is 0 Å². The number of amides is 1. The number of halogens is 1. The molecule has 2 aromatic carbocycles. The Kier molecular flexibility index (Phi) is 6.68. The predicted octanol–water partition coefficient (Wildman–Crippen LogP) is 3.04. The second-order valence-corrected chi connectivity index (χ2v) is 7.27. The zero-order valence-electron chi connectivity index (χ0n) is 16.6. The van der Waals surface area contributed by atoms with Crippen molar-refractivity contribution in [3.05, 3.63) is 59.4 Å². The molecule has 2 aromatic rings. The normalized spacial score (nSPS) is 18.8. The van der Waals surface area contributed by atoms with Crippen LogP contribution in [0.25, 0.3) is 0 Å². The number of nitriles is 1. The zero-order chi connectivity index (χ0) is 20.8. The molecule has 7 heteroatoms. The van der Waals surface area contributed by atoms with Crippen LogP contribution >= 0.6 is 0 Å². The van der Waals surface area contributed by atoms with Gasteiger partial charge in [0, 0.05) is 25.3 Å². The Morgan fingerprint density at radius 3 is 2.52 bits per heavy atom. The number of morpholine rings is 1. The summed E-state index contributed by atoms with van der Waals surface area (Å²) in [5.74, 6) is -0.497. The molecule has 1 aliphatic rings. The molecule has 0 saturated carbocycles. The molecule has 1 saturated heterocycles. The molecule has 1 aliphatic heterocycles. The molecule has 0 bridgehead atoms. The average Bonchev–Trinajstić information content (AvgIpc) is 2.70. The maximum atomic E-state index is 14.6. The van der Waals surface area contributed by atoms with Crippen LogP contribution in [0.4, 0.5) is 15.8 Å². The third-order valence-corrected chi connectivity index (χ3v) is 4.73. The van der Waals surface area contributed by atoms with Crippen molar-refractivity contribution < 1.29 is 13.9 Å². The van der Waals surface area contributed by atoms with E-state index in [1.54, 1.807) is 30.3 Å². The van der Waals surface area contributed by atoms with E-state index in [1.165, 1.54) is 6.07 Å². The van der Waals surface area contributed by atoms with Gasteiger partial charge in [-0.1, -0.05) is 6.07 Å². The number of nitrogens with one attached hydrogen (secondary N) is 2. The quantitative estimate of drug-likeness (QED) is 0.785. The van der Waals surface area contributed by atoms with Crippen LogP contribution in [0.15, 0.2) is 42.5 Å². The van der Waals surface area contributed by atoms with E-state index in [1.807, 2.05) is 30.9 Å². The third kappa shape index (κ3) is 5.69. The Balaban J connectivity index is 1.50. The van der Waals surface area contributed by atoms with Crippen molar-refractivity contribution in [2.45, 2.75) is 32.6 Å². The third-order valence-electron chi connectivity index (χ3n) is 4.73. The van der Waals surface area contributed by atoms with Crippen molar-refractivity contribution in [1.29, 1.82) is 5.26 Å². The highest BCUT2D eigenvalue weighted by atomic mass is 19.1. The second-order valence-electron chi connectivity index (χ2n) is 7.27. The molecular weight excluding hydrogens is 371 g/mol. The summed E-state index contributed by atoms with van der Waals surface area (Å²) < 4.78 is 20.3. The van der Waals surface area contributed by atoms with Gasteiger partial charge in [-0.2, -0.15) is 5.26 Å². The van der Waals surface area contributed by atoms with Gasteiger partial charge in [0.25, 0.3) is 0 Å². The van der Waals surface area contributed by atoms with Crippen LogP contribution in [0.5, 0.6) is 0 Å². The van der Waals surface area contributed by atoms with Gasteiger partial charge in [0.2, 0.25) is 5.91 Å². The smallest absolute Gasteiger partial charge is 0.239 e. The van der Waals surface area contributed by atoms with Crippen molar-refractivity contribution >= 4 is 17.3 Å². The van der Waals surface area contributed by atoms with Gasteiger partial charge >= 0.3 is 0 Å². The van der Waals surface area contributed by atoms with Crippen LogP contribution in [0, 0.1) is 17.1 Å². The minimum atomic E-state index is -0.297. The molecule has 6 nitrogen and oxygen atoms in total. The fourth-order valence-corrected chi connectivity index (χ4v) is 3.40.